The van der Waals surface area contributed by atoms with Gasteiger partial charge in [0.05, 0.1) is 24.6 Å². The van der Waals surface area contributed by atoms with Crippen molar-refractivity contribution in [2.75, 3.05) is 20.3 Å². The van der Waals surface area contributed by atoms with Crippen molar-refractivity contribution in [2.24, 2.45) is 7.05 Å². The Morgan fingerprint density at radius 1 is 1.35 bits per heavy atom. The van der Waals surface area contributed by atoms with Gasteiger partial charge in [0.1, 0.15) is 0 Å². The van der Waals surface area contributed by atoms with Crippen LogP contribution in [0.3, 0.4) is 0 Å². The topological polar surface area (TPSA) is 39.5 Å². The molecule has 3 rings (SSSR count). The van der Waals surface area contributed by atoms with E-state index >= 15 is 0 Å². The SMILES string of the molecule is Cc1cc(CN(C)C2CCC3(CC2)OCCO3)n(C)n1. The number of hydrogen-bond donors (Lipinski definition) is 0. The first kappa shape index (κ1) is 14.0. The van der Waals surface area contributed by atoms with Crippen LogP contribution in [0.4, 0.5) is 0 Å². The molecule has 5 nitrogen and oxygen atoms in total. The van der Waals surface area contributed by atoms with Crippen molar-refractivity contribution in [1.82, 2.24) is 14.7 Å². The molecular formula is C15H25N3O2. The molecule has 0 unspecified atom stereocenters. The summed E-state index contributed by atoms with van der Waals surface area (Å²) in [7, 11) is 4.23. The van der Waals surface area contributed by atoms with Gasteiger partial charge >= 0.3 is 0 Å². The van der Waals surface area contributed by atoms with Crippen LogP contribution in [0.15, 0.2) is 6.07 Å². The summed E-state index contributed by atoms with van der Waals surface area (Å²) in [6.45, 7) is 4.52. The monoisotopic (exact) mass is 279 g/mol. The van der Waals surface area contributed by atoms with Crippen LogP contribution < -0.4 is 0 Å². The third kappa shape index (κ3) is 2.75. The Kier molecular flexibility index (Phi) is 3.84. The van der Waals surface area contributed by atoms with Gasteiger partial charge in [-0.05, 0) is 32.9 Å². The van der Waals surface area contributed by atoms with Gasteiger partial charge in [0.15, 0.2) is 5.79 Å². The molecule has 20 heavy (non-hydrogen) atoms. The molecule has 1 aromatic heterocycles. The number of rotatable bonds is 3. The van der Waals surface area contributed by atoms with Gasteiger partial charge < -0.3 is 9.47 Å². The summed E-state index contributed by atoms with van der Waals surface area (Å²) in [6.07, 6.45) is 4.33. The Hall–Kier alpha value is -0.910. The average molecular weight is 279 g/mol. The zero-order valence-electron chi connectivity index (χ0n) is 12.8. The van der Waals surface area contributed by atoms with E-state index in [1.165, 1.54) is 5.69 Å². The van der Waals surface area contributed by atoms with Crippen molar-refractivity contribution in [3.63, 3.8) is 0 Å². The van der Waals surface area contributed by atoms with Gasteiger partial charge in [0.2, 0.25) is 0 Å². The lowest BCUT2D eigenvalue weighted by atomic mass is 9.89. The Morgan fingerprint density at radius 2 is 2.00 bits per heavy atom. The van der Waals surface area contributed by atoms with Crippen LogP contribution in [-0.4, -0.2) is 46.8 Å². The molecule has 1 aliphatic heterocycles. The van der Waals surface area contributed by atoms with Gasteiger partial charge in [0, 0.05) is 32.5 Å². The van der Waals surface area contributed by atoms with Crippen LogP contribution >= 0.6 is 0 Å². The maximum atomic E-state index is 5.80. The quantitative estimate of drug-likeness (QED) is 0.846. The number of aromatic nitrogens is 2. The summed E-state index contributed by atoms with van der Waals surface area (Å²) in [4.78, 5) is 2.44. The van der Waals surface area contributed by atoms with E-state index in [0.29, 0.717) is 6.04 Å². The second-order valence-electron chi connectivity index (χ2n) is 6.15. The highest BCUT2D eigenvalue weighted by Gasteiger charge is 2.41. The molecule has 1 saturated carbocycles. The molecule has 0 aromatic carbocycles. The van der Waals surface area contributed by atoms with Crippen LogP contribution in [0.2, 0.25) is 0 Å². The van der Waals surface area contributed by atoms with Crippen LogP contribution in [0.25, 0.3) is 0 Å². The van der Waals surface area contributed by atoms with Gasteiger partial charge in [-0.2, -0.15) is 5.10 Å². The lowest BCUT2D eigenvalue weighted by Gasteiger charge is -2.39. The van der Waals surface area contributed by atoms with Crippen LogP contribution in [0.5, 0.6) is 0 Å². The van der Waals surface area contributed by atoms with Crippen LogP contribution in [0.1, 0.15) is 37.1 Å². The Balaban J connectivity index is 1.56. The van der Waals surface area contributed by atoms with Crippen molar-refractivity contribution in [1.29, 1.82) is 0 Å². The van der Waals surface area contributed by atoms with Gasteiger partial charge in [-0.15, -0.1) is 0 Å². The highest BCUT2D eigenvalue weighted by atomic mass is 16.7. The van der Waals surface area contributed by atoms with E-state index in [4.69, 9.17) is 9.47 Å². The van der Waals surface area contributed by atoms with E-state index in [9.17, 15) is 0 Å². The second kappa shape index (κ2) is 5.47. The molecule has 5 heteroatoms. The van der Waals surface area contributed by atoms with Gasteiger partial charge in [0.25, 0.3) is 0 Å². The summed E-state index contributed by atoms with van der Waals surface area (Å²) in [6, 6.07) is 2.79. The fourth-order valence-corrected chi connectivity index (χ4v) is 3.47. The van der Waals surface area contributed by atoms with E-state index < -0.39 is 0 Å². The summed E-state index contributed by atoms with van der Waals surface area (Å²) in [5.41, 5.74) is 2.37. The zero-order valence-corrected chi connectivity index (χ0v) is 12.8. The van der Waals surface area contributed by atoms with Crippen molar-refractivity contribution >= 4 is 0 Å². The van der Waals surface area contributed by atoms with E-state index in [1.54, 1.807) is 0 Å². The molecule has 0 radical (unpaired) electrons. The first-order valence-corrected chi connectivity index (χ1v) is 7.56. The molecule has 1 aliphatic carbocycles. The molecule has 1 saturated heterocycles. The number of nitrogens with zero attached hydrogens (tertiary/aromatic N) is 3. The van der Waals surface area contributed by atoms with Crippen LogP contribution in [-0.2, 0) is 23.1 Å². The number of ether oxygens (including phenoxy) is 2. The molecule has 2 aliphatic rings. The molecule has 112 valence electrons. The Bertz CT molecular complexity index is 456. The summed E-state index contributed by atoms with van der Waals surface area (Å²) >= 11 is 0. The average Bonchev–Trinajstić information content (AvgIpc) is 2.98. The van der Waals surface area contributed by atoms with Crippen LogP contribution in [0, 0.1) is 6.92 Å². The molecule has 1 aromatic rings. The Labute approximate surface area is 120 Å². The number of aryl methyl sites for hydroxylation is 2. The standard InChI is InChI=1S/C15H25N3O2/c1-12-10-14(18(3)16-12)11-17(2)13-4-6-15(7-5-13)19-8-9-20-15/h10,13H,4-9,11H2,1-3H3. The lowest BCUT2D eigenvalue weighted by molar-refractivity contribution is -0.183. The smallest absolute Gasteiger partial charge is 0.168 e. The zero-order chi connectivity index (χ0) is 14.2. The van der Waals surface area contributed by atoms with E-state index in [1.807, 2.05) is 18.7 Å². The maximum absolute atomic E-state index is 5.80. The number of hydrogen-bond acceptors (Lipinski definition) is 4. The van der Waals surface area contributed by atoms with E-state index in [-0.39, 0.29) is 5.79 Å². The highest BCUT2D eigenvalue weighted by Crippen LogP contribution is 2.37. The summed E-state index contributed by atoms with van der Waals surface area (Å²) in [5.74, 6) is -0.250. The second-order valence-corrected chi connectivity index (χ2v) is 6.15. The molecular weight excluding hydrogens is 254 g/mol. The minimum atomic E-state index is -0.250. The molecule has 2 heterocycles. The minimum absolute atomic E-state index is 0.250. The molecule has 0 N–H and O–H groups in total. The van der Waals surface area contributed by atoms with E-state index in [2.05, 4.69) is 23.1 Å². The fourth-order valence-electron chi connectivity index (χ4n) is 3.47. The molecule has 1 spiro atoms. The third-order valence-electron chi connectivity index (χ3n) is 4.66. The third-order valence-corrected chi connectivity index (χ3v) is 4.66. The van der Waals surface area contributed by atoms with Gasteiger partial charge in [-0.25, -0.2) is 0 Å². The largest absolute Gasteiger partial charge is 0.348 e. The first-order valence-electron chi connectivity index (χ1n) is 7.56. The maximum Gasteiger partial charge on any atom is 0.168 e. The molecule has 2 fully saturated rings. The molecule has 0 atom stereocenters. The Morgan fingerprint density at radius 3 is 2.55 bits per heavy atom. The minimum Gasteiger partial charge on any atom is -0.348 e. The normalized spacial score (nSPS) is 23.0. The highest BCUT2D eigenvalue weighted by molar-refractivity contribution is 5.08. The summed E-state index contributed by atoms with van der Waals surface area (Å²) < 4.78 is 13.6. The van der Waals surface area contributed by atoms with E-state index in [0.717, 1.165) is 51.1 Å². The summed E-state index contributed by atoms with van der Waals surface area (Å²) in [5, 5.41) is 4.42. The fraction of sp³-hybridized carbons (Fsp3) is 0.800. The molecule has 0 bridgehead atoms. The predicted molar refractivity (Wildman–Crippen MR) is 76.3 cm³/mol. The lowest BCUT2D eigenvalue weighted by Crippen LogP contribution is -2.42. The van der Waals surface area contributed by atoms with Crippen molar-refractivity contribution in [2.45, 2.75) is 51.0 Å². The van der Waals surface area contributed by atoms with Crippen molar-refractivity contribution in [3.05, 3.63) is 17.5 Å². The van der Waals surface area contributed by atoms with Gasteiger partial charge in [-0.1, -0.05) is 0 Å². The predicted octanol–water partition coefficient (Wildman–Crippen LogP) is 1.85. The first-order chi connectivity index (χ1) is 9.58. The van der Waals surface area contributed by atoms with Crippen molar-refractivity contribution in [3.8, 4) is 0 Å². The van der Waals surface area contributed by atoms with Gasteiger partial charge in [-0.3, -0.25) is 9.58 Å². The molecule has 0 amide bonds. The van der Waals surface area contributed by atoms with Crippen molar-refractivity contribution < 1.29 is 9.47 Å².